The molecule has 16 heavy (non-hydrogen) atoms. The number of rotatable bonds is 4. The minimum absolute atomic E-state index is 0.0873. The Morgan fingerprint density at radius 2 is 1.81 bits per heavy atom. The van der Waals surface area contributed by atoms with Crippen LogP contribution in [-0.2, 0) is 9.53 Å². The first-order chi connectivity index (χ1) is 7.23. The second kappa shape index (κ2) is 6.51. The van der Waals surface area contributed by atoms with Gasteiger partial charge in [0.25, 0.3) is 0 Å². The van der Waals surface area contributed by atoms with Crippen molar-refractivity contribution in [3.63, 3.8) is 0 Å². The second-order valence-electron chi connectivity index (χ2n) is 5.27. The van der Waals surface area contributed by atoms with Gasteiger partial charge in [0.1, 0.15) is 0 Å². The van der Waals surface area contributed by atoms with E-state index >= 15 is 0 Å². The molecule has 0 aromatic heterocycles. The van der Waals surface area contributed by atoms with Gasteiger partial charge in [-0.1, -0.05) is 0 Å². The molecule has 0 aromatic carbocycles. The second-order valence-corrected chi connectivity index (χ2v) is 19.7. The van der Waals surface area contributed by atoms with Crippen LogP contribution in [0.25, 0.3) is 0 Å². The molecule has 0 aliphatic carbocycles. The molecule has 0 saturated carbocycles. The van der Waals surface area contributed by atoms with Gasteiger partial charge in [-0.25, -0.2) is 0 Å². The Labute approximate surface area is 104 Å². The van der Waals surface area contributed by atoms with Crippen molar-refractivity contribution < 1.29 is 9.53 Å². The first-order valence-corrected chi connectivity index (χ1v) is 15.7. The van der Waals surface area contributed by atoms with Crippen LogP contribution in [0.3, 0.4) is 0 Å². The molecule has 1 atom stereocenters. The summed E-state index contributed by atoms with van der Waals surface area (Å²) in [5.74, 6) is -0.200. The molecule has 0 aromatic rings. The van der Waals surface area contributed by atoms with Crippen molar-refractivity contribution >= 4 is 24.3 Å². The normalized spacial score (nSPS) is 12.7. The van der Waals surface area contributed by atoms with Crippen LogP contribution >= 0.6 is 0 Å². The number of hydrogen-bond donors (Lipinski definition) is 0. The number of ether oxygens (including phenoxy) is 1. The number of methoxy groups -OCH3 is 1. The molecule has 2 nitrogen and oxygen atoms in total. The SMILES string of the molecule is CCC(C(=O)OC)[C](=C=C(C)C)[Sn]([CH3])([CH3])[CH3]. The first kappa shape index (κ1) is 15.8. The number of carbonyl (C=O) groups is 1. The maximum atomic E-state index is 11.8. The van der Waals surface area contributed by atoms with E-state index in [-0.39, 0.29) is 11.9 Å². The van der Waals surface area contributed by atoms with Crippen LogP contribution in [0, 0.1) is 5.92 Å². The third kappa shape index (κ3) is 4.75. The van der Waals surface area contributed by atoms with E-state index in [1.807, 2.05) is 20.8 Å². The van der Waals surface area contributed by atoms with Gasteiger partial charge in [0.15, 0.2) is 0 Å². The van der Waals surface area contributed by atoms with Crippen LogP contribution in [0.15, 0.2) is 14.9 Å². The van der Waals surface area contributed by atoms with Gasteiger partial charge in [0.05, 0.1) is 0 Å². The average molecular weight is 331 g/mol. The molecule has 3 heteroatoms. The predicted octanol–water partition coefficient (Wildman–Crippen LogP) is 3.55. The van der Waals surface area contributed by atoms with E-state index in [0.717, 1.165) is 12.0 Å². The topological polar surface area (TPSA) is 26.3 Å². The molecule has 0 fully saturated rings. The van der Waals surface area contributed by atoms with E-state index in [2.05, 4.69) is 20.6 Å². The summed E-state index contributed by atoms with van der Waals surface area (Å²) in [6.45, 7) is 6.09. The number of esters is 1. The zero-order valence-corrected chi connectivity index (χ0v) is 14.5. The standard InChI is InChI=1S/C10H15O2.3CH3.Sn/c1-5-9(10(11)12-4)7-6-8(2)3;;;;/h9H,5H2,1-4H3;3*1H3;. The molecule has 0 aliphatic rings. The summed E-state index contributed by atoms with van der Waals surface area (Å²) in [7, 11) is 1.46. The van der Waals surface area contributed by atoms with E-state index in [9.17, 15) is 4.79 Å². The third-order valence-corrected chi connectivity index (χ3v) is 8.40. The van der Waals surface area contributed by atoms with E-state index in [1.165, 1.54) is 10.7 Å². The van der Waals surface area contributed by atoms with Gasteiger partial charge >= 0.3 is 104 Å². The Bertz CT molecular complexity index is 313. The molecule has 0 radical (unpaired) electrons. The summed E-state index contributed by atoms with van der Waals surface area (Å²) in [5.41, 5.74) is 4.55. The van der Waals surface area contributed by atoms with Gasteiger partial charge in [0.2, 0.25) is 0 Å². The van der Waals surface area contributed by atoms with E-state index in [0.29, 0.717) is 0 Å². The molecule has 0 amide bonds. The molecule has 1 unspecified atom stereocenters. The number of carbonyl (C=O) groups excluding carboxylic acids is 1. The summed E-state index contributed by atoms with van der Waals surface area (Å²) < 4.78 is 6.13. The Morgan fingerprint density at radius 1 is 1.31 bits per heavy atom. The van der Waals surface area contributed by atoms with Crippen LogP contribution in [0.4, 0.5) is 0 Å². The zero-order chi connectivity index (χ0) is 12.9. The monoisotopic (exact) mass is 332 g/mol. The molecule has 0 N–H and O–H groups in total. The molecule has 0 bridgehead atoms. The van der Waals surface area contributed by atoms with Crippen molar-refractivity contribution in [1.29, 1.82) is 0 Å². The maximum absolute atomic E-state index is 11.8. The van der Waals surface area contributed by atoms with Crippen molar-refractivity contribution in [2.75, 3.05) is 7.11 Å². The molecule has 0 rings (SSSR count). The number of hydrogen-bond acceptors (Lipinski definition) is 2. The summed E-state index contributed by atoms with van der Waals surface area (Å²) in [5, 5.41) is 0. The van der Waals surface area contributed by atoms with E-state index < -0.39 is 18.4 Å². The summed E-state index contributed by atoms with van der Waals surface area (Å²) in [6, 6.07) is 0. The fraction of sp³-hybridized carbons (Fsp3) is 0.692. The van der Waals surface area contributed by atoms with Crippen LogP contribution in [0.1, 0.15) is 27.2 Å². The van der Waals surface area contributed by atoms with Crippen molar-refractivity contribution in [3.05, 3.63) is 14.9 Å². The van der Waals surface area contributed by atoms with Gasteiger partial charge in [0, 0.05) is 0 Å². The van der Waals surface area contributed by atoms with Gasteiger partial charge in [-0.05, 0) is 0 Å². The molecule has 0 aliphatic heterocycles. The van der Waals surface area contributed by atoms with Crippen molar-refractivity contribution in [2.24, 2.45) is 5.92 Å². The van der Waals surface area contributed by atoms with Crippen LogP contribution in [0.2, 0.25) is 14.8 Å². The van der Waals surface area contributed by atoms with E-state index in [1.54, 1.807) is 0 Å². The molecule has 0 spiro atoms. The summed E-state index contributed by atoms with van der Waals surface area (Å²) in [4.78, 5) is 18.7. The van der Waals surface area contributed by atoms with Gasteiger partial charge < -0.3 is 0 Å². The molecular formula is C13H24O2Sn. The zero-order valence-electron chi connectivity index (χ0n) is 11.6. The Hall–Kier alpha value is -0.211. The summed E-state index contributed by atoms with van der Waals surface area (Å²) in [6.07, 6.45) is 0.802. The van der Waals surface area contributed by atoms with Crippen molar-refractivity contribution in [2.45, 2.75) is 42.0 Å². The quantitative estimate of drug-likeness (QED) is 0.447. The Morgan fingerprint density at radius 3 is 2.06 bits per heavy atom. The van der Waals surface area contributed by atoms with Crippen LogP contribution in [0.5, 0.6) is 0 Å². The molecular weight excluding hydrogens is 307 g/mol. The van der Waals surface area contributed by atoms with Crippen LogP contribution < -0.4 is 0 Å². The Balaban J connectivity index is 5.53. The van der Waals surface area contributed by atoms with Crippen molar-refractivity contribution in [1.82, 2.24) is 0 Å². The summed E-state index contributed by atoms with van der Waals surface area (Å²) >= 11 is -2.28. The van der Waals surface area contributed by atoms with Gasteiger partial charge in [-0.2, -0.15) is 0 Å². The van der Waals surface area contributed by atoms with Crippen molar-refractivity contribution in [3.8, 4) is 0 Å². The fourth-order valence-corrected chi connectivity index (χ4v) is 7.38. The van der Waals surface area contributed by atoms with Crippen LogP contribution in [-0.4, -0.2) is 31.5 Å². The van der Waals surface area contributed by atoms with Gasteiger partial charge in [-0.3, -0.25) is 0 Å². The Kier molecular flexibility index (Phi) is 6.42. The molecule has 92 valence electrons. The van der Waals surface area contributed by atoms with E-state index in [4.69, 9.17) is 4.74 Å². The van der Waals surface area contributed by atoms with Gasteiger partial charge in [-0.15, -0.1) is 0 Å². The minimum atomic E-state index is -2.28. The predicted molar refractivity (Wildman–Crippen MR) is 71.0 cm³/mol. The molecule has 0 saturated heterocycles. The first-order valence-electron chi connectivity index (χ1n) is 5.76. The average Bonchev–Trinajstić information content (AvgIpc) is 2.15. The third-order valence-electron chi connectivity index (χ3n) is 2.44. The fourth-order valence-electron chi connectivity index (χ4n) is 1.70. The molecule has 0 heterocycles.